The van der Waals surface area contributed by atoms with Gasteiger partial charge in [-0.3, -0.25) is 4.79 Å². The molecule has 1 heterocycles. The number of hydrogen-bond acceptors (Lipinski definition) is 4. The highest BCUT2D eigenvalue weighted by molar-refractivity contribution is 5.95. The fourth-order valence-electron chi connectivity index (χ4n) is 1.88. The molecule has 100 valence electrons. The molecule has 0 saturated carbocycles. The highest BCUT2D eigenvalue weighted by Gasteiger charge is 2.18. The van der Waals surface area contributed by atoms with Crippen molar-refractivity contribution in [2.45, 2.75) is 40.2 Å². The van der Waals surface area contributed by atoms with E-state index in [9.17, 15) is 4.79 Å². The summed E-state index contributed by atoms with van der Waals surface area (Å²) >= 11 is 0. The zero-order valence-electron chi connectivity index (χ0n) is 11.5. The number of pyridine rings is 1. The zero-order chi connectivity index (χ0) is 13.7. The Balaban J connectivity index is 3.11. The molecule has 0 radical (unpaired) electrons. The second-order valence-corrected chi connectivity index (χ2v) is 4.42. The van der Waals surface area contributed by atoms with Crippen LogP contribution in [0.15, 0.2) is 12.1 Å². The Bertz CT molecular complexity index is 395. The van der Waals surface area contributed by atoms with Crippen molar-refractivity contribution in [3.63, 3.8) is 0 Å². The number of hydrazine groups is 1. The predicted octanol–water partition coefficient (Wildman–Crippen LogP) is 1.80. The van der Waals surface area contributed by atoms with Crippen LogP contribution in [0.4, 0.5) is 5.82 Å². The lowest BCUT2D eigenvalue weighted by Crippen LogP contribution is -2.36. The Kier molecular flexibility index (Phi) is 5.09. The van der Waals surface area contributed by atoms with Crippen LogP contribution in [-0.2, 0) is 6.42 Å². The molecule has 0 saturated heterocycles. The van der Waals surface area contributed by atoms with E-state index in [2.05, 4.69) is 10.4 Å². The topological polar surface area (TPSA) is 71.2 Å². The lowest BCUT2D eigenvalue weighted by molar-refractivity contribution is 0.0716. The van der Waals surface area contributed by atoms with E-state index in [1.165, 1.54) is 0 Å². The maximum absolute atomic E-state index is 12.4. The van der Waals surface area contributed by atoms with Gasteiger partial charge in [0.15, 0.2) is 0 Å². The molecule has 0 aliphatic carbocycles. The van der Waals surface area contributed by atoms with Crippen molar-refractivity contribution in [2.75, 3.05) is 12.0 Å². The molecule has 1 rings (SSSR count). The number of nitrogens with one attached hydrogen (secondary N) is 1. The highest BCUT2D eigenvalue weighted by Crippen LogP contribution is 2.14. The van der Waals surface area contributed by atoms with Crippen LogP contribution in [0.2, 0.25) is 0 Å². The number of carbonyl (C=O) groups is 1. The number of anilines is 1. The molecule has 5 nitrogen and oxygen atoms in total. The second-order valence-electron chi connectivity index (χ2n) is 4.42. The van der Waals surface area contributed by atoms with E-state index in [1.807, 2.05) is 38.7 Å². The summed E-state index contributed by atoms with van der Waals surface area (Å²) in [4.78, 5) is 18.5. The maximum Gasteiger partial charge on any atom is 0.254 e. The first-order valence-corrected chi connectivity index (χ1v) is 6.32. The first-order valence-electron chi connectivity index (χ1n) is 6.32. The number of nitrogens with zero attached hydrogens (tertiary/aromatic N) is 2. The van der Waals surface area contributed by atoms with Gasteiger partial charge in [0.1, 0.15) is 5.82 Å². The standard InChI is InChI=1S/C13H22N4O/c1-5-11-7-10(8-12(15-11)16-14)13(18)17(6-2)9(3)4/h7-9H,5-6,14H2,1-4H3,(H,15,16). The van der Waals surface area contributed by atoms with Gasteiger partial charge in [0.05, 0.1) is 0 Å². The number of aromatic nitrogens is 1. The van der Waals surface area contributed by atoms with Gasteiger partial charge in [-0.05, 0) is 39.3 Å². The quantitative estimate of drug-likeness (QED) is 0.617. The van der Waals surface area contributed by atoms with Crippen molar-refractivity contribution in [2.24, 2.45) is 5.84 Å². The Morgan fingerprint density at radius 2 is 2.11 bits per heavy atom. The molecular weight excluding hydrogens is 228 g/mol. The molecule has 0 aromatic carbocycles. The smallest absolute Gasteiger partial charge is 0.254 e. The lowest BCUT2D eigenvalue weighted by Gasteiger charge is -2.25. The van der Waals surface area contributed by atoms with Crippen molar-refractivity contribution >= 4 is 11.7 Å². The summed E-state index contributed by atoms with van der Waals surface area (Å²) in [5.74, 6) is 5.91. The van der Waals surface area contributed by atoms with Gasteiger partial charge in [0, 0.05) is 23.8 Å². The minimum absolute atomic E-state index is 0.0149. The molecule has 0 spiro atoms. The Hall–Kier alpha value is -1.62. The number of carbonyl (C=O) groups excluding carboxylic acids is 1. The molecule has 0 bridgehead atoms. The number of hydrogen-bond donors (Lipinski definition) is 2. The molecular formula is C13H22N4O. The van der Waals surface area contributed by atoms with Crippen LogP contribution in [0.3, 0.4) is 0 Å². The van der Waals surface area contributed by atoms with Gasteiger partial charge in [-0.2, -0.15) is 0 Å². The largest absolute Gasteiger partial charge is 0.336 e. The second kappa shape index (κ2) is 6.35. The molecule has 5 heteroatoms. The van der Waals surface area contributed by atoms with E-state index in [4.69, 9.17) is 5.84 Å². The van der Waals surface area contributed by atoms with Gasteiger partial charge in [0.2, 0.25) is 0 Å². The lowest BCUT2D eigenvalue weighted by atomic mass is 10.1. The average molecular weight is 250 g/mol. The summed E-state index contributed by atoms with van der Waals surface area (Å²) < 4.78 is 0. The summed E-state index contributed by atoms with van der Waals surface area (Å²) in [6.45, 7) is 8.67. The normalized spacial score (nSPS) is 10.6. The van der Waals surface area contributed by atoms with Crippen LogP contribution in [-0.4, -0.2) is 28.4 Å². The molecule has 0 fully saturated rings. The van der Waals surface area contributed by atoms with Crippen molar-refractivity contribution < 1.29 is 4.79 Å². The van der Waals surface area contributed by atoms with Crippen LogP contribution < -0.4 is 11.3 Å². The van der Waals surface area contributed by atoms with E-state index >= 15 is 0 Å². The fourth-order valence-corrected chi connectivity index (χ4v) is 1.88. The van der Waals surface area contributed by atoms with Crippen LogP contribution in [0.1, 0.15) is 43.7 Å². The van der Waals surface area contributed by atoms with E-state index in [0.29, 0.717) is 17.9 Å². The minimum Gasteiger partial charge on any atom is -0.336 e. The fraction of sp³-hybridized carbons (Fsp3) is 0.538. The molecule has 0 aliphatic rings. The third-order valence-corrected chi connectivity index (χ3v) is 2.86. The van der Waals surface area contributed by atoms with Gasteiger partial charge in [-0.15, -0.1) is 0 Å². The number of amides is 1. The van der Waals surface area contributed by atoms with Crippen molar-refractivity contribution in [1.82, 2.24) is 9.88 Å². The number of nitrogens with two attached hydrogens (primary N) is 1. The molecule has 0 atom stereocenters. The molecule has 1 aromatic heterocycles. The SMILES string of the molecule is CCc1cc(C(=O)N(CC)C(C)C)cc(NN)n1. The molecule has 3 N–H and O–H groups in total. The Labute approximate surface area is 108 Å². The predicted molar refractivity (Wildman–Crippen MR) is 73.3 cm³/mol. The highest BCUT2D eigenvalue weighted by atomic mass is 16.2. The van der Waals surface area contributed by atoms with Gasteiger partial charge in [-0.1, -0.05) is 6.92 Å². The summed E-state index contributed by atoms with van der Waals surface area (Å²) in [6, 6.07) is 3.69. The molecule has 18 heavy (non-hydrogen) atoms. The van der Waals surface area contributed by atoms with Crippen molar-refractivity contribution in [3.05, 3.63) is 23.4 Å². The summed E-state index contributed by atoms with van der Waals surface area (Å²) in [6.07, 6.45) is 0.767. The minimum atomic E-state index is 0.0149. The Morgan fingerprint density at radius 3 is 2.56 bits per heavy atom. The third-order valence-electron chi connectivity index (χ3n) is 2.86. The maximum atomic E-state index is 12.4. The molecule has 0 aliphatic heterocycles. The van der Waals surface area contributed by atoms with Crippen LogP contribution >= 0.6 is 0 Å². The third kappa shape index (κ3) is 3.20. The number of rotatable bonds is 5. The van der Waals surface area contributed by atoms with E-state index in [1.54, 1.807) is 6.07 Å². The molecule has 1 amide bonds. The van der Waals surface area contributed by atoms with Crippen molar-refractivity contribution in [3.8, 4) is 0 Å². The zero-order valence-corrected chi connectivity index (χ0v) is 11.5. The first-order chi connectivity index (χ1) is 8.53. The van der Waals surface area contributed by atoms with Gasteiger partial charge < -0.3 is 10.3 Å². The summed E-state index contributed by atoms with van der Waals surface area (Å²) in [5.41, 5.74) is 3.99. The molecule has 0 unspecified atom stereocenters. The van der Waals surface area contributed by atoms with Gasteiger partial charge in [-0.25, -0.2) is 10.8 Å². The van der Waals surface area contributed by atoms with E-state index in [0.717, 1.165) is 12.1 Å². The first kappa shape index (κ1) is 14.4. The summed E-state index contributed by atoms with van der Waals surface area (Å²) in [7, 11) is 0. The van der Waals surface area contributed by atoms with Gasteiger partial charge >= 0.3 is 0 Å². The summed E-state index contributed by atoms with van der Waals surface area (Å²) in [5, 5.41) is 0. The average Bonchev–Trinajstić information content (AvgIpc) is 2.38. The Morgan fingerprint density at radius 1 is 1.44 bits per heavy atom. The molecule has 1 aromatic rings. The van der Waals surface area contributed by atoms with Crippen LogP contribution in [0.25, 0.3) is 0 Å². The van der Waals surface area contributed by atoms with E-state index < -0.39 is 0 Å². The van der Waals surface area contributed by atoms with Crippen LogP contribution in [0.5, 0.6) is 0 Å². The monoisotopic (exact) mass is 250 g/mol. The van der Waals surface area contributed by atoms with Gasteiger partial charge in [0.25, 0.3) is 5.91 Å². The van der Waals surface area contributed by atoms with Crippen LogP contribution in [0, 0.1) is 0 Å². The number of nitrogen functional groups attached to an aromatic ring is 1. The number of aryl methyl sites for hydroxylation is 1. The van der Waals surface area contributed by atoms with Crippen molar-refractivity contribution in [1.29, 1.82) is 0 Å². The van der Waals surface area contributed by atoms with E-state index in [-0.39, 0.29) is 11.9 Å².